The summed E-state index contributed by atoms with van der Waals surface area (Å²) in [5, 5.41) is 16.3. The van der Waals surface area contributed by atoms with Gasteiger partial charge in [-0.05, 0) is 45.2 Å². The van der Waals surface area contributed by atoms with Crippen LogP contribution in [0.3, 0.4) is 0 Å². The van der Waals surface area contributed by atoms with Crippen LogP contribution in [0.15, 0.2) is 6.20 Å². The normalized spacial score (nSPS) is 15.8. The van der Waals surface area contributed by atoms with Gasteiger partial charge < -0.3 is 10.6 Å². The lowest BCUT2D eigenvalue weighted by molar-refractivity contribution is 0.102. The Hall–Kier alpha value is -1.80. The Balaban J connectivity index is 1.70. The summed E-state index contributed by atoms with van der Waals surface area (Å²) in [4.78, 5) is 17.0. The number of nitrogens with zero attached hydrogens (tertiary/aromatic N) is 4. The van der Waals surface area contributed by atoms with Gasteiger partial charge in [-0.15, -0.1) is 16.4 Å². The van der Waals surface area contributed by atoms with Gasteiger partial charge in [0, 0.05) is 0 Å². The van der Waals surface area contributed by atoms with E-state index in [1.54, 1.807) is 6.20 Å². The number of amides is 1. The number of anilines is 1. The van der Waals surface area contributed by atoms with Gasteiger partial charge in [0.1, 0.15) is 5.00 Å². The maximum absolute atomic E-state index is 12.5. The molecule has 0 radical (unpaired) electrons. The van der Waals surface area contributed by atoms with E-state index in [1.807, 2.05) is 11.6 Å². The van der Waals surface area contributed by atoms with Crippen LogP contribution in [0.4, 0.5) is 5.00 Å². The van der Waals surface area contributed by atoms with Crippen molar-refractivity contribution >= 4 is 22.2 Å². The molecule has 7 nitrogen and oxygen atoms in total. The van der Waals surface area contributed by atoms with Crippen molar-refractivity contribution in [1.29, 1.82) is 0 Å². The minimum atomic E-state index is -0.219. The highest BCUT2D eigenvalue weighted by Crippen LogP contribution is 2.27. The van der Waals surface area contributed by atoms with Crippen LogP contribution in [-0.2, 0) is 6.42 Å². The van der Waals surface area contributed by atoms with Crippen LogP contribution in [0, 0.1) is 12.8 Å². The SMILES string of the molecule is Cc1nc(CC(C)C)c(NC(=O)c2cn(C3CCNCC3)nn2)s1. The lowest BCUT2D eigenvalue weighted by Gasteiger charge is -2.22. The second kappa shape index (κ2) is 7.40. The molecule has 0 aromatic carbocycles. The van der Waals surface area contributed by atoms with Crippen molar-refractivity contribution in [2.24, 2.45) is 5.92 Å². The standard InChI is InChI=1S/C16H24N6OS/c1-10(2)8-13-16(24-11(3)18-13)19-15(23)14-9-22(21-20-14)12-4-6-17-7-5-12/h9-10,12,17H,4-8H2,1-3H3,(H,19,23). The van der Waals surface area contributed by atoms with Gasteiger partial charge in [-0.1, -0.05) is 19.1 Å². The zero-order chi connectivity index (χ0) is 17.1. The van der Waals surface area contributed by atoms with Crippen LogP contribution in [0.5, 0.6) is 0 Å². The van der Waals surface area contributed by atoms with Gasteiger partial charge in [0.05, 0.1) is 22.9 Å². The molecule has 8 heteroatoms. The number of nitrogens with one attached hydrogen (secondary N) is 2. The third kappa shape index (κ3) is 3.99. The second-order valence-corrected chi connectivity index (χ2v) is 7.83. The summed E-state index contributed by atoms with van der Waals surface area (Å²) in [6.45, 7) is 8.20. The van der Waals surface area contributed by atoms with Crippen molar-refractivity contribution in [1.82, 2.24) is 25.3 Å². The number of hydrogen-bond donors (Lipinski definition) is 2. The number of carbonyl (C=O) groups excluding carboxylic acids is 1. The zero-order valence-electron chi connectivity index (χ0n) is 14.4. The zero-order valence-corrected chi connectivity index (χ0v) is 15.2. The molecule has 3 rings (SSSR count). The van der Waals surface area contributed by atoms with E-state index in [2.05, 4.69) is 39.8 Å². The predicted octanol–water partition coefficient (Wildman–Crippen LogP) is 2.42. The maximum Gasteiger partial charge on any atom is 0.278 e. The summed E-state index contributed by atoms with van der Waals surface area (Å²) < 4.78 is 1.82. The Bertz CT molecular complexity index is 701. The van der Waals surface area contributed by atoms with E-state index in [0.29, 0.717) is 17.7 Å². The van der Waals surface area contributed by atoms with Crippen molar-refractivity contribution in [3.8, 4) is 0 Å². The maximum atomic E-state index is 12.5. The monoisotopic (exact) mass is 348 g/mol. The molecule has 1 amide bonds. The van der Waals surface area contributed by atoms with Gasteiger partial charge in [0.25, 0.3) is 5.91 Å². The molecule has 0 bridgehead atoms. The molecule has 1 saturated heterocycles. The first-order chi connectivity index (χ1) is 11.5. The molecular weight excluding hydrogens is 324 g/mol. The quantitative estimate of drug-likeness (QED) is 0.867. The predicted molar refractivity (Wildman–Crippen MR) is 94.5 cm³/mol. The molecule has 3 heterocycles. The fourth-order valence-corrected chi connectivity index (χ4v) is 3.73. The number of aryl methyl sites for hydroxylation is 1. The van der Waals surface area contributed by atoms with Crippen molar-refractivity contribution in [3.63, 3.8) is 0 Å². The van der Waals surface area contributed by atoms with Crippen molar-refractivity contribution in [3.05, 3.63) is 22.6 Å². The van der Waals surface area contributed by atoms with E-state index in [-0.39, 0.29) is 5.91 Å². The Morgan fingerprint density at radius 3 is 2.92 bits per heavy atom. The number of hydrogen-bond acceptors (Lipinski definition) is 6. The van der Waals surface area contributed by atoms with Gasteiger partial charge >= 0.3 is 0 Å². The van der Waals surface area contributed by atoms with Gasteiger partial charge in [0.15, 0.2) is 5.69 Å². The van der Waals surface area contributed by atoms with Gasteiger partial charge in [-0.25, -0.2) is 9.67 Å². The lowest BCUT2D eigenvalue weighted by Crippen LogP contribution is -2.29. The molecule has 2 aromatic rings. The summed E-state index contributed by atoms with van der Waals surface area (Å²) in [7, 11) is 0. The summed E-state index contributed by atoms with van der Waals surface area (Å²) in [5.41, 5.74) is 1.31. The highest BCUT2D eigenvalue weighted by molar-refractivity contribution is 7.16. The van der Waals surface area contributed by atoms with E-state index >= 15 is 0 Å². The highest BCUT2D eigenvalue weighted by atomic mass is 32.1. The number of rotatable bonds is 5. The van der Waals surface area contributed by atoms with Crippen LogP contribution < -0.4 is 10.6 Å². The molecule has 1 aliphatic rings. The Morgan fingerprint density at radius 1 is 1.46 bits per heavy atom. The Morgan fingerprint density at radius 2 is 2.21 bits per heavy atom. The minimum Gasteiger partial charge on any atom is -0.317 e. The average Bonchev–Trinajstić information content (AvgIpc) is 3.15. The van der Waals surface area contributed by atoms with Crippen molar-refractivity contribution in [2.45, 2.75) is 46.1 Å². The molecule has 130 valence electrons. The molecular formula is C16H24N6OS. The van der Waals surface area contributed by atoms with E-state index in [0.717, 1.165) is 48.1 Å². The summed E-state index contributed by atoms with van der Waals surface area (Å²) in [6, 6.07) is 0.322. The van der Waals surface area contributed by atoms with E-state index in [1.165, 1.54) is 11.3 Å². The Kier molecular flexibility index (Phi) is 5.25. The largest absolute Gasteiger partial charge is 0.317 e. The first-order valence-electron chi connectivity index (χ1n) is 8.43. The summed E-state index contributed by atoms with van der Waals surface area (Å²) in [6.07, 6.45) is 4.62. The summed E-state index contributed by atoms with van der Waals surface area (Å²) in [5.74, 6) is 0.270. The topological polar surface area (TPSA) is 84.7 Å². The van der Waals surface area contributed by atoms with Crippen LogP contribution in [0.2, 0.25) is 0 Å². The van der Waals surface area contributed by atoms with Crippen molar-refractivity contribution < 1.29 is 4.79 Å². The molecule has 0 atom stereocenters. The molecule has 0 spiro atoms. The third-order valence-electron chi connectivity index (χ3n) is 4.06. The van der Waals surface area contributed by atoms with Crippen molar-refractivity contribution in [2.75, 3.05) is 18.4 Å². The molecule has 1 fully saturated rings. The first-order valence-corrected chi connectivity index (χ1v) is 9.24. The molecule has 2 N–H and O–H groups in total. The molecule has 0 unspecified atom stereocenters. The first kappa shape index (κ1) is 17.0. The fraction of sp³-hybridized carbons (Fsp3) is 0.625. The molecule has 24 heavy (non-hydrogen) atoms. The number of thiazole rings is 1. The van der Waals surface area contributed by atoms with E-state index < -0.39 is 0 Å². The second-order valence-electron chi connectivity index (χ2n) is 6.63. The van der Waals surface area contributed by atoms with Crippen LogP contribution in [0.25, 0.3) is 0 Å². The molecule has 2 aromatic heterocycles. The molecule has 1 aliphatic heterocycles. The van der Waals surface area contributed by atoms with Gasteiger partial charge in [0.2, 0.25) is 0 Å². The highest BCUT2D eigenvalue weighted by Gasteiger charge is 2.20. The lowest BCUT2D eigenvalue weighted by atomic mass is 10.1. The van der Waals surface area contributed by atoms with Gasteiger partial charge in [-0.2, -0.15) is 0 Å². The third-order valence-corrected chi connectivity index (χ3v) is 4.99. The van der Waals surface area contributed by atoms with Gasteiger partial charge in [-0.3, -0.25) is 4.79 Å². The van der Waals surface area contributed by atoms with E-state index in [4.69, 9.17) is 0 Å². The summed E-state index contributed by atoms with van der Waals surface area (Å²) >= 11 is 1.51. The van der Waals surface area contributed by atoms with Crippen LogP contribution >= 0.6 is 11.3 Å². The van der Waals surface area contributed by atoms with E-state index in [9.17, 15) is 4.79 Å². The fourth-order valence-electron chi connectivity index (χ4n) is 2.89. The van der Waals surface area contributed by atoms with Crippen LogP contribution in [-0.4, -0.2) is 39.0 Å². The minimum absolute atomic E-state index is 0.219. The molecule has 0 aliphatic carbocycles. The van der Waals surface area contributed by atoms with Crippen LogP contribution in [0.1, 0.15) is 53.9 Å². The number of piperidine rings is 1. The molecule has 0 saturated carbocycles. The Labute approximate surface area is 145 Å². The average molecular weight is 348 g/mol. The number of aromatic nitrogens is 4. The smallest absolute Gasteiger partial charge is 0.278 e. The number of carbonyl (C=O) groups is 1.